The van der Waals surface area contributed by atoms with Crippen molar-refractivity contribution in [3.8, 4) is 0 Å². The first-order chi connectivity index (χ1) is 12.0. The molecule has 2 saturated carbocycles. The summed E-state index contributed by atoms with van der Waals surface area (Å²) in [6.45, 7) is 0.845. The predicted molar refractivity (Wildman–Crippen MR) is 84.4 cm³/mol. The second-order valence-electron chi connectivity index (χ2n) is 7.22. The average molecular weight is 380 g/mol. The van der Waals surface area contributed by atoms with E-state index in [-0.39, 0.29) is 30.5 Å². The normalized spacial score (nSPS) is 21.7. The maximum absolute atomic E-state index is 13.3. The molecule has 2 N–H and O–H groups in total. The predicted octanol–water partition coefficient (Wildman–Crippen LogP) is 4.27. The molecule has 0 bridgehead atoms. The number of amides is 2. The Morgan fingerprint density at radius 3 is 2.35 bits per heavy atom. The van der Waals surface area contributed by atoms with Crippen LogP contribution >= 0.6 is 0 Å². The fraction of sp³-hybridized carbons (Fsp3) is 0.750. The van der Waals surface area contributed by atoms with Gasteiger partial charge in [-0.3, -0.25) is 10.00 Å². The van der Waals surface area contributed by atoms with Gasteiger partial charge < -0.3 is 5.32 Å². The Morgan fingerprint density at radius 1 is 1.27 bits per heavy atom. The van der Waals surface area contributed by atoms with Crippen LogP contribution in [0.3, 0.4) is 0 Å². The molecule has 26 heavy (non-hydrogen) atoms. The second-order valence-corrected chi connectivity index (χ2v) is 7.22. The van der Waals surface area contributed by atoms with Crippen molar-refractivity contribution < 1.29 is 26.7 Å². The van der Waals surface area contributed by atoms with E-state index in [1.165, 1.54) is 4.68 Å². The summed E-state index contributed by atoms with van der Waals surface area (Å²) in [5.41, 5.74) is 1.22. The van der Waals surface area contributed by atoms with Crippen LogP contribution in [0.4, 0.5) is 32.6 Å². The molecule has 1 heterocycles. The number of aryl methyl sites for hydroxylation is 1. The molecule has 0 aliphatic heterocycles. The number of carbonyl (C=O) groups excluding carboxylic acids is 1. The number of rotatable bonds is 4. The fourth-order valence-electron chi connectivity index (χ4n) is 3.39. The standard InChI is InChI=1S/C16H21F5N4O/c1-8(16(19,20)21)22-14(26)23-13-11(9-4-3-5-9)12(24-25(13)2)10-6-15(17,18)7-10/h8-10H,3-7H2,1-2H3,(H2,22,23,26)/t8-/m0/s1. The maximum Gasteiger partial charge on any atom is 0.408 e. The largest absolute Gasteiger partial charge is 0.408 e. The number of nitrogens with one attached hydrogen (secondary N) is 2. The van der Waals surface area contributed by atoms with Gasteiger partial charge in [-0.15, -0.1) is 0 Å². The lowest BCUT2D eigenvalue weighted by Crippen LogP contribution is -2.45. The number of carbonyl (C=O) groups is 1. The van der Waals surface area contributed by atoms with Crippen molar-refractivity contribution in [2.24, 2.45) is 7.05 Å². The van der Waals surface area contributed by atoms with E-state index < -0.39 is 24.2 Å². The average Bonchev–Trinajstić information content (AvgIpc) is 2.71. The molecule has 0 radical (unpaired) electrons. The van der Waals surface area contributed by atoms with Gasteiger partial charge in [0.25, 0.3) is 0 Å². The zero-order valence-electron chi connectivity index (χ0n) is 14.5. The number of hydrogen-bond donors (Lipinski definition) is 2. The Balaban J connectivity index is 1.80. The van der Waals surface area contributed by atoms with Gasteiger partial charge in [-0.1, -0.05) is 6.42 Å². The van der Waals surface area contributed by atoms with Gasteiger partial charge in [0.2, 0.25) is 5.92 Å². The van der Waals surface area contributed by atoms with Crippen LogP contribution in [0.25, 0.3) is 0 Å². The Morgan fingerprint density at radius 2 is 1.88 bits per heavy atom. The minimum atomic E-state index is -4.55. The summed E-state index contributed by atoms with van der Waals surface area (Å²) in [6.07, 6.45) is -2.46. The number of nitrogens with zero attached hydrogens (tertiary/aromatic N) is 2. The molecule has 1 aromatic heterocycles. The molecule has 5 nitrogen and oxygen atoms in total. The molecule has 2 amide bonds. The summed E-state index contributed by atoms with van der Waals surface area (Å²) in [5, 5.41) is 8.58. The summed E-state index contributed by atoms with van der Waals surface area (Å²) >= 11 is 0. The number of anilines is 1. The molecular weight excluding hydrogens is 359 g/mol. The molecule has 1 aromatic rings. The molecule has 0 saturated heterocycles. The Kier molecular flexibility index (Phi) is 4.64. The minimum Gasteiger partial charge on any atom is -0.326 e. The molecular formula is C16H21F5N4O. The van der Waals surface area contributed by atoms with Crippen molar-refractivity contribution in [1.82, 2.24) is 15.1 Å². The van der Waals surface area contributed by atoms with Crippen LogP contribution in [0.1, 0.15) is 62.1 Å². The van der Waals surface area contributed by atoms with Crippen LogP contribution in [-0.4, -0.2) is 34.0 Å². The fourth-order valence-corrected chi connectivity index (χ4v) is 3.39. The second kappa shape index (κ2) is 6.38. The third-order valence-corrected chi connectivity index (χ3v) is 5.17. The highest BCUT2D eigenvalue weighted by molar-refractivity contribution is 5.89. The Labute approximate surface area is 147 Å². The van der Waals surface area contributed by atoms with Gasteiger partial charge in [-0.05, 0) is 25.7 Å². The first-order valence-electron chi connectivity index (χ1n) is 8.57. The summed E-state index contributed by atoms with van der Waals surface area (Å²) in [5.74, 6) is -2.72. The van der Waals surface area contributed by atoms with E-state index >= 15 is 0 Å². The van der Waals surface area contributed by atoms with Gasteiger partial charge in [0, 0.05) is 31.4 Å². The van der Waals surface area contributed by atoms with E-state index in [1.807, 2.05) is 5.32 Å². The highest BCUT2D eigenvalue weighted by atomic mass is 19.4. The SMILES string of the molecule is C[C@H](NC(=O)Nc1c(C2CCC2)c(C2CC(F)(F)C2)nn1C)C(F)(F)F. The molecule has 2 fully saturated rings. The number of urea groups is 1. The van der Waals surface area contributed by atoms with Crippen molar-refractivity contribution in [3.63, 3.8) is 0 Å². The van der Waals surface area contributed by atoms with Crippen LogP contribution in [0.5, 0.6) is 0 Å². The topological polar surface area (TPSA) is 59.0 Å². The lowest BCUT2D eigenvalue weighted by Gasteiger charge is -2.36. The van der Waals surface area contributed by atoms with Crippen molar-refractivity contribution in [1.29, 1.82) is 0 Å². The van der Waals surface area contributed by atoms with Crippen molar-refractivity contribution in [3.05, 3.63) is 11.3 Å². The van der Waals surface area contributed by atoms with Gasteiger partial charge in [0.05, 0.1) is 5.69 Å². The van der Waals surface area contributed by atoms with Gasteiger partial charge in [0.15, 0.2) is 0 Å². The quantitative estimate of drug-likeness (QED) is 0.767. The third-order valence-electron chi connectivity index (χ3n) is 5.17. The number of alkyl halides is 5. The number of aromatic nitrogens is 2. The van der Waals surface area contributed by atoms with Crippen LogP contribution in [-0.2, 0) is 7.05 Å². The first-order valence-corrected chi connectivity index (χ1v) is 8.57. The zero-order valence-corrected chi connectivity index (χ0v) is 14.5. The lowest BCUT2D eigenvalue weighted by molar-refractivity contribution is -0.148. The molecule has 2 aliphatic carbocycles. The van der Waals surface area contributed by atoms with Gasteiger partial charge in [-0.2, -0.15) is 18.3 Å². The summed E-state index contributed by atoms with van der Waals surface area (Å²) in [6, 6.07) is -3.00. The summed E-state index contributed by atoms with van der Waals surface area (Å²) in [7, 11) is 1.55. The highest BCUT2D eigenvalue weighted by Crippen LogP contribution is 2.52. The molecule has 0 aromatic carbocycles. The van der Waals surface area contributed by atoms with E-state index in [4.69, 9.17) is 0 Å². The van der Waals surface area contributed by atoms with Crippen LogP contribution in [0.2, 0.25) is 0 Å². The van der Waals surface area contributed by atoms with E-state index in [9.17, 15) is 26.7 Å². The van der Waals surface area contributed by atoms with Gasteiger partial charge in [0.1, 0.15) is 11.9 Å². The van der Waals surface area contributed by atoms with Crippen molar-refractivity contribution >= 4 is 11.8 Å². The number of halogens is 5. The molecule has 0 spiro atoms. The van der Waals surface area contributed by atoms with E-state index in [1.54, 1.807) is 7.05 Å². The molecule has 1 atom stereocenters. The van der Waals surface area contributed by atoms with E-state index in [0.717, 1.165) is 26.2 Å². The smallest absolute Gasteiger partial charge is 0.326 e. The Hall–Kier alpha value is -1.87. The summed E-state index contributed by atoms with van der Waals surface area (Å²) < 4.78 is 65.7. The Bertz CT molecular complexity index is 688. The molecule has 0 unspecified atom stereocenters. The summed E-state index contributed by atoms with van der Waals surface area (Å²) in [4.78, 5) is 12.0. The van der Waals surface area contributed by atoms with Crippen molar-refractivity contribution in [2.45, 2.75) is 69.0 Å². The van der Waals surface area contributed by atoms with Gasteiger partial charge >= 0.3 is 12.2 Å². The maximum atomic E-state index is 13.3. The van der Waals surface area contributed by atoms with Crippen molar-refractivity contribution in [2.75, 3.05) is 5.32 Å². The molecule has 3 rings (SSSR count). The van der Waals surface area contributed by atoms with Crippen LogP contribution in [0, 0.1) is 0 Å². The monoisotopic (exact) mass is 380 g/mol. The zero-order chi connectivity index (χ0) is 19.3. The molecule has 146 valence electrons. The van der Waals surface area contributed by atoms with E-state index in [0.29, 0.717) is 11.3 Å². The minimum absolute atomic E-state index is 0.0864. The highest BCUT2D eigenvalue weighted by Gasteiger charge is 2.49. The van der Waals surface area contributed by atoms with Crippen LogP contribution in [0.15, 0.2) is 0 Å². The first kappa shape index (κ1) is 18.9. The van der Waals surface area contributed by atoms with E-state index in [2.05, 4.69) is 10.4 Å². The lowest BCUT2D eigenvalue weighted by atomic mass is 9.73. The van der Waals surface area contributed by atoms with Gasteiger partial charge in [-0.25, -0.2) is 13.6 Å². The molecule has 2 aliphatic rings. The number of hydrogen-bond acceptors (Lipinski definition) is 2. The molecule has 10 heteroatoms. The van der Waals surface area contributed by atoms with Crippen LogP contribution < -0.4 is 10.6 Å². The third kappa shape index (κ3) is 3.64.